The van der Waals surface area contributed by atoms with Crippen molar-refractivity contribution in [1.29, 1.82) is 0 Å². The van der Waals surface area contributed by atoms with Crippen LogP contribution >= 0.6 is 46.4 Å². The van der Waals surface area contributed by atoms with Crippen molar-refractivity contribution in [3.05, 3.63) is 87.4 Å². The largest absolute Gasteiger partial charge is 0.355 e. The summed E-state index contributed by atoms with van der Waals surface area (Å²) in [5.74, 6) is 0. The van der Waals surface area contributed by atoms with E-state index in [1.165, 1.54) is 0 Å². The molecule has 1 aromatic heterocycles. The summed E-state index contributed by atoms with van der Waals surface area (Å²) in [5.41, 5.74) is 1.14. The van der Waals surface area contributed by atoms with Crippen LogP contribution < -0.4 is 0 Å². The Labute approximate surface area is 166 Å². The van der Waals surface area contributed by atoms with Crippen LogP contribution in [-0.2, 0) is 11.3 Å². The van der Waals surface area contributed by atoms with Crippen LogP contribution in [0.15, 0.2) is 61.2 Å². The average molecular weight is 416 g/mol. The van der Waals surface area contributed by atoms with Gasteiger partial charge < -0.3 is 9.30 Å². The summed E-state index contributed by atoms with van der Waals surface area (Å²) in [6, 6.07) is 12.5. The number of benzene rings is 2. The van der Waals surface area contributed by atoms with Gasteiger partial charge in [0.15, 0.2) is 5.56 Å². The molecule has 0 aliphatic heterocycles. The predicted octanol–water partition coefficient (Wildman–Crippen LogP) is 6.21. The van der Waals surface area contributed by atoms with Gasteiger partial charge in [0.05, 0.1) is 19.0 Å². The minimum atomic E-state index is -0.637. The lowest BCUT2D eigenvalue weighted by Gasteiger charge is -2.24. The van der Waals surface area contributed by atoms with Crippen molar-refractivity contribution >= 4 is 46.4 Å². The number of nitrogens with zero attached hydrogens (tertiary/aromatic N) is 2. The van der Waals surface area contributed by atoms with E-state index in [9.17, 15) is 0 Å². The minimum Gasteiger partial charge on any atom is -0.355 e. The zero-order chi connectivity index (χ0) is 17.8. The standard InChI is InChI=1S/C18H14Cl4N2O/c19-14-4-1-12(2-5-14)17(24-8-7-23-11-24)18(22)25-10-13-3-6-15(20)9-16(13)21/h1-9,11,17-18H,10H2. The van der Waals surface area contributed by atoms with Crippen LogP contribution in [0, 0.1) is 0 Å². The van der Waals surface area contributed by atoms with E-state index in [1.807, 2.05) is 41.1 Å². The molecule has 1 heterocycles. The fraction of sp³-hybridized carbons (Fsp3) is 0.167. The molecule has 0 radical (unpaired) electrons. The molecule has 7 heteroatoms. The van der Waals surface area contributed by atoms with Crippen LogP contribution in [0.4, 0.5) is 0 Å². The molecule has 0 saturated heterocycles. The fourth-order valence-corrected chi connectivity index (χ4v) is 3.38. The molecular weight excluding hydrogens is 402 g/mol. The lowest BCUT2D eigenvalue weighted by atomic mass is 10.1. The van der Waals surface area contributed by atoms with Crippen molar-refractivity contribution in [3.63, 3.8) is 0 Å². The zero-order valence-electron chi connectivity index (χ0n) is 12.9. The molecule has 2 unspecified atom stereocenters. The summed E-state index contributed by atoms with van der Waals surface area (Å²) < 4.78 is 7.77. The first-order valence-electron chi connectivity index (χ1n) is 7.47. The van der Waals surface area contributed by atoms with Gasteiger partial charge in [-0.2, -0.15) is 0 Å². The van der Waals surface area contributed by atoms with E-state index in [-0.39, 0.29) is 12.6 Å². The number of hydrogen-bond acceptors (Lipinski definition) is 2. The molecule has 3 aromatic rings. The van der Waals surface area contributed by atoms with Gasteiger partial charge in [0.1, 0.15) is 0 Å². The Bertz CT molecular complexity index is 822. The van der Waals surface area contributed by atoms with E-state index in [0.717, 1.165) is 11.1 Å². The van der Waals surface area contributed by atoms with Crippen LogP contribution in [0.5, 0.6) is 0 Å². The van der Waals surface area contributed by atoms with Gasteiger partial charge in [-0.25, -0.2) is 4.98 Å². The Morgan fingerprint density at radius 1 is 1.00 bits per heavy atom. The van der Waals surface area contributed by atoms with Gasteiger partial charge in [0, 0.05) is 27.5 Å². The summed E-state index contributed by atoms with van der Waals surface area (Å²) in [5, 5.41) is 1.78. The van der Waals surface area contributed by atoms with Crippen molar-refractivity contribution in [1.82, 2.24) is 9.55 Å². The Morgan fingerprint density at radius 3 is 2.36 bits per heavy atom. The summed E-state index contributed by atoms with van der Waals surface area (Å²) >= 11 is 24.7. The highest BCUT2D eigenvalue weighted by molar-refractivity contribution is 6.35. The second kappa shape index (κ2) is 8.43. The third kappa shape index (κ3) is 4.69. The van der Waals surface area contributed by atoms with E-state index in [0.29, 0.717) is 15.1 Å². The first-order valence-corrected chi connectivity index (χ1v) is 9.04. The van der Waals surface area contributed by atoms with Crippen LogP contribution in [0.25, 0.3) is 0 Å². The molecule has 3 rings (SSSR count). The molecule has 0 spiro atoms. The molecule has 25 heavy (non-hydrogen) atoms. The van der Waals surface area contributed by atoms with E-state index in [2.05, 4.69) is 4.98 Å². The zero-order valence-corrected chi connectivity index (χ0v) is 16.0. The van der Waals surface area contributed by atoms with Crippen LogP contribution in [-0.4, -0.2) is 15.1 Å². The molecule has 2 atom stereocenters. The summed E-state index contributed by atoms with van der Waals surface area (Å²) in [6.07, 6.45) is 5.24. The minimum absolute atomic E-state index is 0.257. The molecule has 0 saturated carbocycles. The number of halogens is 4. The van der Waals surface area contributed by atoms with E-state index in [1.54, 1.807) is 24.7 Å². The van der Waals surface area contributed by atoms with Crippen LogP contribution in [0.2, 0.25) is 15.1 Å². The van der Waals surface area contributed by atoms with Gasteiger partial charge in [-0.05, 0) is 35.4 Å². The second-order valence-electron chi connectivity index (χ2n) is 5.40. The fourth-order valence-electron chi connectivity index (χ4n) is 2.45. The molecule has 0 aliphatic rings. The highest BCUT2D eigenvalue weighted by Crippen LogP contribution is 2.29. The Morgan fingerprint density at radius 2 is 1.72 bits per heavy atom. The highest BCUT2D eigenvalue weighted by atomic mass is 35.5. The van der Waals surface area contributed by atoms with Crippen molar-refractivity contribution in [2.75, 3.05) is 0 Å². The molecule has 0 aliphatic carbocycles. The molecule has 130 valence electrons. The second-order valence-corrected chi connectivity index (χ2v) is 7.11. The first kappa shape index (κ1) is 18.6. The van der Waals surface area contributed by atoms with Gasteiger partial charge in [-0.3, -0.25) is 0 Å². The predicted molar refractivity (Wildman–Crippen MR) is 103 cm³/mol. The van der Waals surface area contributed by atoms with E-state index < -0.39 is 5.56 Å². The van der Waals surface area contributed by atoms with Crippen molar-refractivity contribution in [2.45, 2.75) is 18.2 Å². The molecular formula is C18H14Cl4N2O. The van der Waals surface area contributed by atoms with Crippen molar-refractivity contribution < 1.29 is 4.74 Å². The highest BCUT2D eigenvalue weighted by Gasteiger charge is 2.24. The van der Waals surface area contributed by atoms with Gasteiger partial charge >= 0.3 is 0 Å². The van der Waals surface area contributed by atoms with Gasteiger partial charge in [-0.15, -0.1) is 0 Å². The monoisotopic (exact) mass is 414 g/mol. The molecule has 2 aromatic carbocycles. The maximum absolute atomic E-state index is 6.57. The van der Waals surface area contributed by atoms with E-state index >= 15 is 0 Å². The molecule has 0 bridgehead atoms. The Hall–Kier alpha value is -1.23. The summed E-state index contributed by atoms with van der Waals surface area (Å²) in [7, 11) is 0. The lowest BCUT2D eigenvalue weighted by Crippen LogP contribution is -2.23. The molecule has 0 fully saturated rings. The number of rotatable bonds is 6. The lowest BCUT2D eigenvalue weighted by molar-refractivity contribution is 0.0694. The first-order chi connectivity index (χ1) is 12.0. The average Bonchev–Trinajstić information content (AvgIpc) is 3.10. The SMILES string of the molecule is Clc1ccc(C(C(Cl)OCc2ccc(Cl)cc2Cl)n2ccnc2)cc1. The quantitative estimate of drug-likeness (QED) is 0.447. The topological polar surface area (TPSA) is 27.1 Å². The molecule has 0 N–H and O–H groups in total. The maximum atomic E-state index is 6.57. The number of alkyl halides is 1. The normalized spacial score (nSPS) is 13.6. The third-order valence-corrected chi connectivity index (χ3v) is 4.92. The summed E-state index contributed by atoms with van der Waals surface area (Å²) in [4.78, 5) is 4.10. The molecule has 3 nitrogen and oxygen atoms in total. The number of ether oxygens (including phenoxy) is 1. The Balaban J connectivity index is 1.79. The van der Waals surface area contributed by atoms with Gasteiger partial charge in [-0.1, -0.05) is 64.6 Å². The van der Waals surface area contributed by atoms with Crippen molar-refractivity contribution in [3.8, 4) is 0 Å². The van der Waals surface area contributed by atoms with Crippen LogP contribution in [0.1, 0.15) is 17.2 Å². The molecule has 0 amide bonds. The number of hydrogen-bond donors (Lipinski definition) is 0. The van der Waals surface area contributed by atoms with Gasteiger partial charge in [0.2, 0.25) is 0 Å². The number of imidazole rings is 1. The summed E-state index contributed by atoms with van der Waals surface area (Å²) in [6.45, 7) is 0.267. The van der Waals surface area contributed by atoms with Crippen molar-refractivity contribution in [2.24, 2.45) is 0 Å². The smallest absolute Gasteiger partial charge is 0.156 e. The maximum Gasteiger partial charge on any atom is 0.156 e. The van der Waals surface area contributed by atoms with E-state index in [4.69, 9.17) is 51.1 Å². The third-order valence-electron chi connectivity index (χ3n) is 3.72. The van der Waals surface area contributed by atoms with Crippen LogP contribution in [0.3, 0.4) is 0 Å². The number of aromatic nitrogens is 2. The Kier molecular flexibility index (Phi) is 6.26. The van der Waals surface area contributed by atoms with Gasteiger partial charge in [0.25, 0.3) is 0 Å².